The number of ether oxygens (including phenoxy) is 1. The van der Waals surface area contributed by atoms with E-state index in [4.69, 9.17) is 9.15 Å². The van der Waals surface area contributed by atoms with Crippen LogP contribution in [0.3, 0.4) is 0 Å². The standard InChI is InChI=1S/C28H24N4O6/c1-37-21-12-14-23(25(16-21)32(35)36)26-15-13-22(38-26)18-29-31-27(33)17-24(19-8-4-2-5-9-19)30-28(34)20-10-6-3-7-11-20/h2-16,18,24H,17H2,1H3,(H,30,34)(H,31,33)/b29-18-/t24-/m0/s1. The molecule has 1 atom stereocenters. The lowest BCUT2D eigenvalue weighted by Crippen LogP contribution is -2.32. The Labute approximate surface area is 218 Å². The van der Waals surface area contributed by atoms with E-state index in [-0.39, 0.29) is 35.1 Å². The van der Waals surface area contributed by atoms with Crippen molar-refractivity contribution in [1.29, 1.82) is 0 Å². The number of furan rings is 1. The maximum Gasteiger partial charge on any atom is 0.284 e. The van der Waals surface area contributed by atoms with Gasteiger partial charge in [-0.05, 0) is 42.0 Å². The average Bonchev–Trinajstić information content (AvgIpc) is 3.42. The summed E-state index contributed by atoms with van der Waals surface area (Å²) >= 11 is 0. The molecule has 1 aromatic heterocycles. The largest absolute Gasteiger partial charge is 0.497 e. The Morgan fingerprint density at radius 2 is 1.74 bits per heavy atom. The van der Waals surface area contributed by atoms with E-state index in [2.05, 4.69) is 15.8 Å². The van der Waals surface area contributed by atoms with Gasteiger partial charge in [-0.15, -0.1) is 0 Å². The number of hydrazone groups is 1. The van der Waals surface area contributed by atoms with Gasteiger partial charge >= 0.3 is 0 Å². The predicted octanol–water partition coefficient (Wildman–Crippen LogP) is 4.87. The van der Waals surface area contributed by atoms with Crippen molar-refractivity contribution in [2.24, 2.45) is 5.10 Å². The number of nitrogens with zero attached hydrogens (tertiary/aromatic N) is 2. The number of nitro groups is 1. The zero-order valence-electron chi connectivity index (χ0n) is 20.4. The van der Waals surface area contributed by atoms with E-state index in [1.807, 2.05) is 36.4 Å². The fourth-order valence-corrected chi connectivity index (χ4v) is 3.73. The van der Waals surface area contributed by atoms with Crippen molar-refractivity contribution in [2.45, 2.75) is 12.5 Å². The van der Waals surface area contributed by atoms with Gasteiger partial charge in [0.05, 0.1) is 42.3 Å². The first kappa shape index (κ1) is 25.8. The van der Waals surface area contributed by atoms with Gasteiger partial charge < -0.3 is 14.5 Å². The van der Waals surface area contributed by atoms with Crippen LogP contribution in [0.5, 0.6) is 5.75 Å². The Kier molecular flexibility index (Phi) is 8.25. The van der Waals surface area contributed by atoms with Crippen LogP contribution in [0, 0.1) is 10.1 Å². The number of methoxy groups -OCH3 is 1. The van der Waals surface area contributed by atoms with Crippen LogP contribution in [-0.4, -0.2) is 30.1 Å². The number of hydrogen-bond donors (Lipinski definition) is 2. The molecule has 0 fully saturated rings. The van der Waals surface area contributed by atoms with Gasteiger partial charge in [-0.1, -0.05) is 48.5 Å². The van der Waals surface area contributed by atoms with E-state index in [1.165, 1.54) is 25.5 Å². The molecule has 4 rings (SSSR count). The van der Waals surface area contributed by atoms with E-state index in [0.29, 0.717) is 11.3 Å². The van der Waals surface area contributed by atoms with Crippen LogP contribution in [-0.2, 0) is 4.79 Å². The Hall–Kier alpha value is -5.25. The topological polar surface area (TPSA) is 136 Å². The molecule has 3 aromatic carbocycles. The van der Waals surface area contributed by atoms with E-state index in [1.54, 1.807) is 42.5 Å². The second-order valence-corrected chi connectivity index (χ2v) is 8.14. The molecule has 0 unspecified atom stereocenters. The van der Waals surface area contributed by atoms with E-state index < -0.39 is 16.9 Å². The Morgan fingerprint density at radius 3 is 2.42 bits per heavy atom. The molecule has 0 saturated carbocycles. The number of nitrogens with one attached hydrogen (secondary N) is 2. The highest BCUT2D eigenvalue weighted by atomic mass is 16.6. The van der Waals surface area contributed by atoms with Crippen LogP contribution in [0.15, 0.2) is 101 Å². The number of nitro benzene ring substituents is 1. The van der Waals surface area contributed by atoms with Gasteiger partial charge in [0.15, 0.2) is 0 Å². The predicted molar refractivity (Wildman–Crippen MR) is 141 cm³/mol. The molecule has 4 aromatic rings. The summed E-state index contributed by atoms with van der Waals surface area (Å²) in [6.45, 7) is 0. The fraction of sp³-hybridized carbons (Fsp3) is 0.107. The highest BCUT2D eigenvalue weighted by Gasteiger charge is 2.20. The second kappa shape index (κ2) is 12.1. The first-order valence-electron chi connectivity index (χ1n) is 11.6. The number of hydrogen-bond acceptors (Lipinski definition) is 7. The smallest absolute Gasteiger partial charge is 0.284 e. The maximum absolute atomic E-state index is 12.7. The van der Waals surface area contributed by atoms with Crippen LogP contribution in [0.1, 0.15) is 34.1 Å². The summed E-state index contributed by atoms with van der Waals surface area (Å²) in [5.41, 5.74) is 3.80. The van der Waals surface area contributed by atoms with Crippen LogP contribution < -0.4 is 15.5 Å². The van der Waals surface area contributed by atoms with Crippen molar-refractivity contribution in [2.75, 3.05) is 7.11 Å². The Balaban J connectivity index is 1.42. The molecular weight excluding hydrogens is 488 g/mol. The van der Waals surface area contributed by atoms with Crippen molar-refractivity contribution in [1.82, 2.24) is 10.7 Å². The highest BCUT2D eigenvalue weighted by molar-refractivity contribution is 5.94. The summed E-state index contributed by atoms with van der Waals surface area (Å²) < 4.78 is 10.7. The third-order valence-electron chi connectivity index (χ3n) is 5.61. The van der Waals surface area contributed by atoms with Crippen LogP contribution in [0.4, 0.5) is 5.69 Å². The van der Waals surface area contributed by atoms with Crippen molar-refractivity contribution in [3.63, 3.8) is 0 Å². The fourth-order valence-electron chi connectivity index (χ4n) is 3.73. The molecule has 0 bridgehead atoms. The molecule has 38 heavy (non-hydrogen) atoms. The third-order valence-corrected chi connectivity index (χ3v) is 5.61. The molecule has 0 saturated heterocycles. The molecule has 1 heterocycles. The summed E-state index contributed by atoms with van der Waals surface area (Å²) in [6.07, 6.45) is 1.23. The molecule has 2 N–H and O–H groups in total. The molecule has 0 spiro atoms. The zero-order valence-corrected chi connectivity index (χ0v) is 20.4. The molecule has 0 aliphatic rings. The van der Waals surface area contributed by atoms with E-state index in [9.17, 15) is 19.7 Å². The molecular formula is C28H24N4O6. The lowest BCUT2D eigenvalue weighted by atomic mass is 10.0. The minimum Gasteiger partial charge on any atom is -0.497 e. The average molecular weight is 513 g/mol. The Morgan fingerprint density at radius 1 is 1.03 bits per heavy atom. The van der Waals surface area contributed by atoms with Gasteiger partial charge in [0.25, 0.3) is 11.6 Å². The second-order valence-electron chi connectivity index (χ2n) is 8.14. The SMILES string of the molecule is COc1ccc(-c2ccc(/C=N\NC(=O)C[C@H](NC(=O)c3ccccc3)c3ccccc3)o2)c([N+](=O)[O-])c1. The van der Waals surface area contributed by atoms with E-state index in [0.717, 1.165) is 5.56 Å². The summed E-state index contributed by atoms with van der Waals surface area (Å²) in [5, 5.41) is 18.3. The zero-order chi connectivity index (χ0) is 26.9. The summed E-state index contributed by atoms with van der Waals surface area (Å²) in [7, 11) is 1.42. The summed E-state index contributed by atoms with van der Waals surface area (Å²) in [5.74, 6) is 0.167. The lowest BCUT2D eigenvalue weighted by Gasteiger charge is -2.18. The first-order chi connectivity index (χ1) is 18.4. The quantitative estimate of drug-likeness (QED) is 0.177. The van der Waals surface area contributed by atoms with Crippen molar-refractivity contribution in [3.05, 3.63) is 118 Å². The van der Waals surface area contributed by atoms with E-state index >= 15 is 0 Å². The molecule has 0 aliphatic carbocycles. The molecule has 0 aliphatic heterocycles. The number of benzene rings is 3. The molecule has 10 heteroatoms. The Bertz CT molecular complexity index is 1450. The number of rotatable bonds is 10. The van der Waals surface area contributed by atoms with Gasteiger partial charge in [-0.3, -0.25) is 19.7 Å². The highest BCUT2D eigenvalue weighted by Crippen LogP contribution is 2.33. The number of carbonyl (C=O) groups excluding carboxylic acids is 2. The molecule has 0 radical (unpaired) electrons. The number of amides is 2. The minimum atomic E-state index is -0.579. The van der Waals surface area contributed by atoms with Gasteiger partial charge in [-0.2, -0.15) is 5.10 Å². The first-order valence-corrected chi connectivity index (χ1v) is 11.6. The van der Waals surface area contributed by atoms with Crippen LogP contribution >= 0.6 is 0 Å². The lowest BCUT2D eigenvalue weighted by molar-refractivity contribution is -0.384. The summed E-state index contributed by atoms with van der Waals surface area (Å²) in [6, 6.07) is 24.9. The summed E-state index contributed by atoms with van der Waals surface area (Å²) in [4.78, 5) is 36.3. The third kappa shape index (κ3) is 6.49. The normalized spacial score (nSPS) is 11.6. The van der Waals surface area contributed by atoms with Crippen LogP contribution in [0.25, 0.3) is 11.3 Å². The van der Waals surface area contributed by atoms with Gasteiger partial charge in [0.2, 0.25) is 5.91 Å². The van der Waals surface area contributed by atoms with Crippen molar-refractivity contribution in [3.8, 4) is 17.1 Å². The van der Waals surface area contributed by atoms with Crippen molar-refractivity contribution < 1.29 is 23.7 Å². The van der Waals surface area contributed by atoms with Crippen molar-refractivity contribution >= 4 is 23.7 Å². The van der Waals surface area contributed by atoms with Crippen LogP contribution in [0.2, 0.25) is 0 Å². The van der Waals surface area contributed by atoms with Gasteiger partial charge in [0, 0.05) is 5.56 Å². The molecule has 10 nitrogen and oxygen atoms in total. The van der Waals surface area contributed by atoms with Gasteiger partial charge in [-0.25, -0.2) is 5.43 Å². The molecule has 192 valence electrons. The maximum atomic E-state index is 12.7. The number of carbonyl (C=O) groups is 2. The van der Waals surface area contributed by atoms with Gasteiger partial charge in [0.1, 0.15) is 17.3 Å². The molecule has 2 amide bonds. The monoisotopic (exact) mass is 512 g/mol. The minimum absolute atomic E-state index is 0.0542.